The van der Waals surface area contributed by atoms with Gasteiger partial charge < -0.3 is 15.2 Å². The smallest absolute Gasteiger partial charge is 0.330 e. The summed E-state index contributed by atoms with van der Waals surface area (Å²) in [5, 5.41) is 19.0. The molecule has 1 fully saturated rings. The van der Waals surface area contributed by atoms with Crippen LogP contribution in [0.3, 0.4) is 0 Å². The van der Waals surface area contributed by atoms with Crippen LogP contribution in [-0.2, 0) is 16.0 Å². The number of hydrogen-bond donors (Lipinski definition) is 3. The number of hydrogen-bond acceptors (Lipinski definition) is 4. The van der Waals surface area contributed by atoms with Gasteiger partial charge in [0.15, 0.2) is 0 Å². The molecule has 0 spiro atoms. The molecule has 1 amide bonds. The second-order valence-electron chi connectivity index (χ2n) is 6.17. The van der Waals surface area contributed by atoms with E-state index in [9.17, 15) is 14.7 Å². The quantitative estimate of drug-likeness (QED) is 0.736. The summed E-state index contributed by atoms with van der Waals surface area (Å²) < 4.78 is 5.57. The van der Waals surface area contributed by atoms with Crippen LogP contribution in [0.5, 0.6) is 0 Å². The molecule has 1 aliphatic rings. The minimum Gasteiger partial charge on any atom is -0.479 e. The Labute approximate surface area is 129 Å². The molecular weight excluding hydrogens is 286 g/mol. The van der Waals surface area contributed by atoms with Crippen molar-refractivity contribution < 1.29 is 19.4 Å². The summed E-state index contributed by atoms with van der Waals surface area (Å²) >= 11 is 0. The molecule has 1 aliphatic carbocycles. The highest BCUT2D eigenvalue weighted by Gasteiger charge is 2.66. The molecule has 2 rings (SSSR count). The maximum Gasteiger partial charge on any atom is 0.330 e. The van der Waals surface area contributed by atoms with Crippen LogP contribution in [0, 0.1) is 5.41 Å². The molecule has 0 radical (unpaired) electrons. The van der Waals surface area contributed by atoms with E-state index in [0.29, 0.717) is 6.61 Å². The minimum absolute atomic E-state index is 0.195. The average Bonchev–Trinajstić information content (AvgIpc) is 2.94. The number of carbonyl (C=O) groups excluding carboxylic acids is 1. The van der Waals surface area contributed by atoms with Gasteiger partial charge in [-0.3, -0.25) is 9.89 Å². The highest BCUT2D eigenvalue weighted by molar-refractivity contribution is 5.97. The summed E-state index contributed by atoms with van der Waals surface area (Å²) in [5.41, 5.74) is -1.01. The van der Waals surface area contributed by atoms with Gasteiger partial charge in [0.25, 0.3) is 5.91 Å². The van der Waals surface area contributed by atoms with Crippen molar-refractivity contribution in [3.63, 3.8) is 0 Å². The Morgan fingerprint density at radius 3 is 2.64 bits per heavy atom. The topological polar surface area (TPSA) is 104 Å². The number of nitrogens with one attached hydrogen (secondary N) is 2. The van der Waals surface area contributed by atoms with Gasteiger partial charge in [0.1, 0.15) is 11.2 Å². The van der Waals surface area contributed by atoms with E-state index in [1.165, 1.54) is 0 Å². The van der Waals surface area contributed by atoms with E-state index in [1.54, 1.807) is 19.9 Å². The second kappa shape index (κ2) is 5.72. The van der Waals surface area contributed by atoms with Crippen molar-refractivity contribution in [2.75, 3.05) is 6.61 Å². The van der Waals surface area contributed by atoms with E-state index < -0.39 is 22.8 Å². The van der Waals surface area contributed by atoms with Crippen LogP contribution in [0.1, 0.15) is 50.3 Å². The number of aromatic amines is 1. The van der Waals surface area contributed by atoms with Crippen molar-refractivity contribution >= 4 is 11.9 Å². The first kappa shape index (κ1) is 16.5. The van der Waals surface area contributed by atoms with Gasteiger partial charge in [-0.15, -0.1) is 0 Å². The van der Waals surface area contributed by atoms with E-state index in [1.807, 2.05) is 13.8 Å². The van der Waals surface area contributed by atoms with Crippen LogP contribution in [-0.4, -0.2) is 45.4 Å². The van der Waals surface area contributed by atoms with Gasteiger partial charge in [0.2, 0.25) is 0 Å². The number of aryl methyl sites for hydroxylation is 1. The number of ether oxygens (including phenoxy) is 1. The number of carboxylic acids is 1. The predicted molar refractivity (Wildman–Crippen MR) is 79.6 cm³/mol. The van der Waals surface area contributed by atoms with Crippen LogP contribution >= 0.6 is 0 Å². The molecule has 1 heterocycles. The summed E-state index contributed by atoms with van der Waals surface area (Å²) in [7, 11) is 0. The van der Waals surface area contributed by atoms with E-state index in [4.69, 9.17) is 4.74 Å². The Hall–Kier alpha value is -1.89. The first-order chi connectivity index (χ1) is 10.3. The molecule has 0 saturated heterocycles. The Balaban J connectivity index is 2.20. The zero-order valence-corrected chi connectivity index (χ0v) is 13.4. The third kappa shape index (κ3) is 2.39. The molecule has 1 aromatic rings. The van der Waals surface area contributed by atoms with Crippen molar-refractivity contribution in [3.8, 4) is 0 Å². The van der Waals surface area contributed by atoms with Crippen molar-refractivity contribution in [2.24, 2.45) is 5.41 Å². The summed E-state index contributed by atoms with van der Waals surface area (Å²) in [6.07, 6.45) is 0.779. The van der Waals surface area contributed by atoms with E-state index in [2.05, 4.69) is 15.5 Å². The van der Waals surface area contributed by atoms with Gasteiger partial charge in [-0.2, -0.15) is 5.10 Å². The number of H-pyrrole nitrogens is 1. The summed E-state index contributed by atoms with van der Waals surface area (Å²) in [4.78, 5) is 24.1. The van der Waals surface area contributed by atoms with E-state index in [0.717, 1.165) is 12.1 Å². The Morgan fingerprint density at radius 2 is 2.18 bits per heavy atom. The van der Waals surface area contributed by atoms with Gasteiger partial charge in [0, 0.05) is 24.1 Å². The standard InChI is InChI=1S/C15H23N3O4/c1-5-9-7-10(18-17-9)12(19)16-15(13(20)21)8-11(22-6-2)14(15,3)4/h7,11H,5-6,8H2,1-4H3,(H,16,19)(H,17,18)(H,20,21). The minimum atomic E-state index is -1.34. The SMILES string of the molecule is CCOC1CC(NC(=O)c2cc(CC)[nH]n2)(C(=O)O)C1(C)C. The fraction of sp³-hybridized carbons (Fsp3) is 0.667. The maximum atomic E-state index is 12.3. The molecule has 1 aromatic heterocycles. The fourth-order valence-corrected chi connectivity index (χ4v) is 2.95. The number of aromatic nitrogens is 2. The Bertz CT molecular complexity index is 581. The van der Waals surface area contributed by atoms with Crippen molar-refractivity contribution in [1.82, 2.24) is 15.5 Å². The van der Waals surface area contributed by atoms with Gasteiger partial charge in [-0.1, -0.05) is 20.8 Å². The first-order valence-electron chi connectivity index (χ1n) is 7.50. The largest absolute Gasteiger partial charge is 0.479 e. The van der Waals surface area contributed by atoms with Crippen LogP contribution in [0.2, 0.25) is 0 Å². The molecule has 7 heteroatoms. The predicted octanol–water partition coefficient (Wildman–Crippen LogP) is 1.36. The lowest BCUT2D eigenvalue weighted by Crippen LogP contribution is -2.76. The normalized spacial score (nSPS) is 26.3. The first-order valence-corrected chi connectivity index (χ1v) is 7.50. The lowest BCUT2D eigenvalue weighted by atomic mass is 9.54. The number of amides is 1. The Morgan fingerprint density at radius 1 is 1.50 bits per heavy atom. The van der Waals surface area contributed by atoms with Crippen LogP contribution in [0.25, 0.3) is 0 Å². The third-order valence-electron chi connectivity index (χ3n) is 4.70. The summed E-state index contributed by atoms with van der Waals surface area (Å²) in [6.45, 7) is 7.92. The number of rotatable bonds is 6. The van der Waals surface area contributed by atoms with Crippen LogP contribution in [0.15, 0.2) is 6.07 Å². The van der Waals surface area contributed by atoms with E-state index in [-0.39, 0.29) is 18.2 Å². The van der Waals surface area contributed by atoms with Gasteiger partial charge in [0.05, 0.1) is 6.10 Å². The molecule has 7 nitrogen and oxygen atoms in total. The third-order valence-corrected chi connectivity index (χ3v) is 4.70. The molecule has 3 N–H and O–H groups in total. The molecular formula is C15H23N3O4. The molecule has 0 bridgehead atoms. The lowest BCUT2D eigenvalue weighted by molar-refractivity contribution is -0.190. The lowest BCUT2D eigenvalue weighted by Gasteiger charge is -2.58. The van der Waals surface area contributed by atoms with Crippen molar-refractivity contribution in [3.05, 3.63) is 17.5 Å². The second-order valence-corrected chi connectivity index (χ2v) is 6.17. The molecule has 2 atom stereocenters. The number of aliphatic carboxylic acids is 1. The van der Waals surface area contributed by atoms with Gasteiger partial charge >= 0.3 is 5.97 Å². The average molecular weight is 309 g/mol. The summed E-state index contributed by atoms with van der Waals surface area (Å²) in [6, 6.07) is 1.64. The Kier molecular flexibility index (Phi) is 4.28. The molecule has 0 aromatic carbocycles. The monoisotopic (exact) mass is 309 g/mol. The van der Waals surface area contributed by atoms with Crippen LogP contribution < -0.4 is 5.32 Å². The van der Waals surface area contributed by atoms with E-state index >= 15 is 0 Å². The van der Waals surface area contributed by atoms with Gasteiger partial charge in [-0.25, -0.2) is 4.79 Å². The highest BCUT2D eigenvalue weighted by Crippen LogP contribution is 2.51. The van der Waals surface area contributed by atoms with Crippen molar-refractivity contribution in [1.29, 1.82) is 0 Å². The maximum absolute atomic E-state index is 12.3. The fourth-order valence-electron chi connectivity index (χ4n) is 2.95. The van der Waals surface area contributed by atoms with Gasteiger partial charge in [-0.05, 0) is 19.4 Å². The summed E-state index contributed by atoms with van der Waals surface area (Å²) in [5.74, 6) is -1.53. The molecule has 0 aliphatic heterocycles. The van der Waals surface area contributed by atoms with Crippen molar-refractivity contribution in [2.45, 2.75) is 52.2 Å². The molecule has 22 heavy (non-hydrogen) atoms. The molecule has 122 valence electrons. The molecule has 2 unspecified atom stereocenters. The number of carboxylic acid groups (broad SMARTS) is 1. The van der Waals surface area contributed by atoms with Crippen LogP contribution in [0.4, 0.5) is 0 Å². The zero-order valence-electron chi connectivity index (χ0n) is 13.4. The number of nitrogens with zero attached hydrogens (tertiary/aromatic N) is 1. The zero-order chi connectivity index (χ0) is 16.5. The highest BCUT2D eigenvalue weighted by atomic mass is 16.5. The molecule has 1 saturated carbocycles. The number of carbonyl (C=O) groups is 2.